The lowest BCUT2D eigenvalue weighted by atomic mass is 9.96. The van der Waals surface area contributed by atoms with Crippen LogP contribution in [-0.2, 0) is 14.3 Å². The number of nitrogens with one attached hydrogen (secondary N) is 2. The second-order valence-electron chi connectivity index (χ2n) is 10.2. The molecule has 0 saturated heterocycles. The topological polar surface area (TPSA) is 87.7 Å². The van der Waals surface area contributed by atoms with E-state index < -0.39 is 23.8 Å². The van der Waals surface area contributed by atoms with E-state index in [2.05, 4.69) is 23.5 Å². The monoisotopic (exact) mass is 517 g/mol. The van der Waals surface area contributed by atoms with Gasteiger partial charge in [0.05, 0.1) is 0 Å². The van der Waals surface area contributed by atoms with E-state index in [1.54, 1.807) is 56.8 Å². The number of carbonyl (C=O) groups excluding carboxylic acids is 3. The molecule has 3 amide bonds. The Morgan fingerprint density at radius 3 is 2.28 bits per heavy atom. The van der Waals surface area contributed by atoms with E-state index in [-0.39, 0.29) is 23.9 Å². The molecule has 0 aliphatic rings. The van der Waals surface area contributed by atoms with Crippen LogP contribution >= 0.6 is 11.8 Å². The highest BCUT2D eigenvalue weighted by molar-refractivity contribution is 7.98. The maximum atomic E-state index is 14.0. The first-order valence-electron chi connectivity index (χ1n) is 12.5. The SMILES string of the molecule is C#Cc1ccccc1C(C(=O)NC(C)CCC)N(C(=O)C(CCSC)NC(=O)OC(C)(C)C)C(C)C. The summed E-state index contributed by atoms with van der Waals surface area (Å²) in [6, 6.07) is 4.91. The van der Waals surface area contributed by atoms with Gasteiger partial charge < -0.3 is 20.3 Å². The van der Waals surface area contributed by atoms with Crippen molar-refractivity contribution >= 4 is 29.7 Å². The standard InChI is InChI=1S/C28H43N3O4S/c1-10-14-20(5)29-25(32)24(22-16-13-12-15-21(22)11-2)31(19(3)4)26(33)23(17-18-36-9)30-27(34)35-28(6,7)8/h2,12-13,15-16,19-20,23-24H,10,14,17-18H2,1,3-9H3,(H,29,32)(H,30,34). The highest BCUT2D eigenvalue weighted by Gasteiger charge is 2.38. The van der Waals surface area contributed by atoms with Crippen LogP contribution in [0.3, 0.4) is 0 Å². The van der Waals surface area contributed by atoms with Gasteiger partial charge in [-0.25, -0.2) is 4.79 Å². The minimum absolute atomic E-state index is 0.0701. The summed E-state index contributed by atoms with van der Waals surface area (Å²) in [5.74, 6) is 2.63. The summed E-state index contributed by atoms with van der Waals surface area (Å²) in [7, 11) is 0. The summed E-state index contributed by atoms with van der Waals surface area (Å²) in [6.45, 7) is 13.0. The van der Waals surface area contributed by atoms with E-state index in [1.807, 2.05) is 27.0 Å². The van der Waals surface area contributed by atoms with Crippen molar-refractivity contribution in [2.45, 2.75) is 97.5 Å². The van der Waals surface area contributed by atoms with Crippen LogP contribution in [0, 0.1) is 12.3 Å². The molecular formula is C28H43N3O4S. The minimum Gasteiger partial charge on any atom is -0.444 e. The fourth-order valence-electron chi connectivity index (χ4n) is 3.91. The molecule has 0 bridgehead atoms. The van der Waals surface area contributed by atoms with Crippen molar-refractivity contribution in [2.75, 3.05) is 12.0 Å². The van der Waals surface area contributed by atoms with E-state index in [1.165, 1.54) is 4.90 Å². The molecule has 3 unspecified atom stereocenters. The summed E-state index contributed by atoms with van der Waals surface area (Å²) in [5, 5.41) is 5.80. The minimum atomic E-state index is -0.957. The number of rotatable bonds is 12. The third-order valence-corrected chi connectivity index (χ3v) is 6.10. The molecule has 0 aliphatic carbocycles. The number of thioether (sulfide) groups is 1. The van der Waals surface area contributed by atoms with Crippen LogP contribution in [0.1, 0.15) is 84.9 Å². The van der Waals surface area contributed by atoms with Crippen LogP contribution < -0.4 is 10.6 Å². The predicted molar refractivity (Wildman–Crippen MR) is 148 cm³/mol. The smallest absolute Gasteiger partial charge is 0.408 e. The average Bonchev–Trinajstić information content (AvgIpc) is 2.78. The third-order valence-electron chi connectivity index (χ3n) is 5.46. The first-order chi connectivity index (χ1) is 16.9. The normalized spacial score (nSPS) is 13.8. The molecule has 0 radical (unpaired) electrons. The zero-order chi connectivity index (χ0) is 27.5. The molecule has 7 nitrogen and oxygen atoms in total. The van der Waals surface area contributed by atoms with Gasteiger partial charge in [0, 0.05) is 17.6 Å². The van der Waals surface area contributed by atoms with Crippen molar-refractivity contribution in [1.29, 1.82) is 0 Å². The largest absolute Gasteiger partial charge is 0.444 e. The molecule has 0 fully saturated rings. The van der Waals surface area contributed by atoms with Crippen molar-refractivity contribution in [1.82, 2.24) is 15.5 Å². The number of nitrogens with zero attached hydrogens (tertiary/aromatic N) is 1. The maximum absolute atomic E-state index is 14.0. The molecule has 0 aromatic heterocycles. The summed E-state index contributed by atoms with van der Waals surface area (Å²) in [4.78, 5) is 41.9. The van der Waals surface area contributed by atoms with Crippen LogP contribution in [0.4, 0.5) is 4.79 Å². The zero-order valence-corrected chi connectivity index (χ0v) is 23.8. The molecule has 0 spiro atoms. The van der Waals surface area contributed by atoms with Gasteiger partial charge in [-0.2, -0.15) is 11.8 Å². The van der Waals surface area contributed by atoms with Gasteiger partial charge >= 0.3 is 6.09 Å². The summed E-state index contributed by atoms with van der Waals surface area (Å²) >= 11 is 1.57. The predicted octanol–water partition coefficient (Wildman–Crippen LogP) is 4.90. The van der Waals surface area contributed by atoms with Crippen molar-refractivity contribution < 1.29 is 19.1 Å². The van der Waals surface area contributed by atoms with Crippen LogP contribution in [0.25, 0.3) is 0 Å². The van der Waals surface area contributed by atoms with E-state index in [9.17, 15) is 14.4 Å². The lowest BCUT2D eigenvalue weighted by molar-refractivity contribution is -0.144. The highest BCUT2D eigenvalue weighted by Crippen LogP contribution is 2.28. The number of amides is 3. The van der Waals surface area contributed by atoms with Gasteiger partial charge in [0.25, 0.3) is 0 Å². The van der Waals surface area contributed by atoms with E-state index in [4.69, 9.17) is 11.2 Å². The Balaban J connectivity index is 3.52. The van der Waals surface area contributed by atoms with Crippen molar-refractivity contribution in [2.24, 2.45) is 0 Å². The van der Waals surface area contributed by atoms with E-state index >= 15 is 0 Å². The number of carbonyl (C=O) groups is 3. The number of hydrogen-bond donors (Lipinski definition) is 2. The molecule has 1 aromatic rings. The number of benzene rings is 1. The van der Waals surface area contributed by atoms with Gasteiger partial charge in [0.15, 0.2) is 0 Å². The summed E-state index contributed by atoms with van der Waals surface area (Å²) < 4.78 is 5.41. The Bertz CT molecular complexity index is 920. The molecule has 1 rings (SSSR count). The lowest BCUT2D eigenvalue weighted by Crippen LogP contribution is -2.55. The molecule has 0 aliphatic heterocycles. The van der Waals surface area contributed by atoms with Crippen LogP contribution in [-0.4, -0.2) is 58.5 Å². The quantitative estimate of drug-likeness (QED) is 0.385. The Kier molecular flexibility index (Phi) is 12.9. The third kappa shape index (κ3) is 9.77. The Morgan fingerprint density at radius 2 is 1.75 bits per heavy atom. The number of hydrogen-bond acceptors (Lipinski definition) is 5. The molecule has 0 heterocycles. The van der Waals surface area contributed by atoms with Gasteiger partial charge in [0.1, 0.15) is 17.7 Å². The Hall–Kier alpha value is -2.66. The summed E-state index contributed by atoms with van der Waals surface area (Å²) in [6.07, 6.45) is 9.15. The summed E-state index contributed by atoms with van der Waals surface area (Å²) in [5.41, 5.74) is 0.405. The van der Waals surface area contributed by atoms with Crippen LogP contribution in [0.5, 0.6) is 0 Å². The van der Waals surface area contributed by atoms with Gasteiger partial charge in [-0.05, 0) is 78.0 Å². The molecule has 2 N–H and O–H groups in total. The van der Waals surface area contributed by atoms with Gasteiger partial charge in [-0.3, -0.25) is 9.59 Å². The van der Waals surface area contributed by atoms with Gasteiger partial charge in [-0.1, -0.05) is 37.5 Å². The van der Waals surface area contributed by atoms with E-state index in [0.29, 0.717) is 23.3 Å². The number of ether oxygens (including phenoxy) is 1. The first kappa shape index (κ1) is 31.4. The fraction of sp³-hybridized carbons (Fsp3) is 0.607. The van der Waals surface area contributed by atoms with Crippen LogP contribution in [0.15, 0.2) is 24.3 Å². The second-order valence-corrected chi connectivity index (χ2v) is 11.1. The van der Waals surface area contributed by atoms with Crippen molar-refractivity contribution in [3.8, 4) is 12.3 Å². The molecule has 1 aromatic carbocycles. The lowest BCUT2D eigenvalue weighted by Gasteiger charge is -2.38. The van der Waals surface area contributed by atoms with Crippen molar-refractivity contribution in [3.63, 3.8) is 0 Å². The molecular weight excluding hydrogens is 474 g/mol. The van der Waals surface area contributed by atoms with Crippen molar-refractivity contribution in [3.05, 3.63) is 35.4 Å². The highest BCUT2D eigenvalue weighted by atomic mass is 32.2. The Labute approximate surface area is 221 Å². The number of terminal acetylenes is 1. The second kappa shape index (κ2) is 14.8. The fourth-order valence-corrected chi connectivity index (χ4v) is 4.39. The maximum Gasteiger partial charge on any atom is 0.408 e. The molecule has 36 heavy (non-hydrogen) atoms. The average molecular weight is 518 g/mol. The Morgan fingerprint density at radius 1 is 1.11 bits per heavy atom. The zero-order valence-electron chi connectivity index (χ0n) is 23.0. The van der Waals surface area contributed by atoms with Gasteiger partial charge in [0.2, 0.25) is 11.8 Å². The van der Waals surface area contributed by atoms with Gasteiger partial charge in [-0.15, -0.1) is 6.42 Å². The first-order valence-corrected chi connectivity index (χ1v) is 13.9. The van der Waals surface area contributed by atoms with Crippen LogP contribution in [0.2, 0.25) is 0 Å². The molecule has 8 heteroatoms. The molecule has 0 saturated carbocycles. The number of alkyl carbamates (subject to hydrolysis) is 1. The molecule has 200 valence electrons. The molecule has 3 atom stereocenters. The van der Waals surface area contributed by atoms with E-state index in [0.717, 1.165) is 12.8 Å².